The Balaban J connectivity index is 2.21. The summed E-state index contributed by atoms with van der Waals surface area (Å²) in [6.07, 6.45) is 1.99. The van der Waals surface area contributed by atoms with Crippen LogP contribution in [0.5, 0.6) is 11.5 Å². The maximum Gasteiger partial charge on any atom is 0.260 e. The zero-order valence-electron chi connectivity index (χ0n) is 15.1. The van der Waals surface area contributed by atoms with Gasteiger partial charge in [-0.3, -0.25) is 9.48 Å². The van der Waals surface area contributed by atoms with Crippen LogP contribution in [0.15, 0.2) is 18.2 Å². The van der Waals surface area contributed by atoms with Crippen LogP contribution >= 0.6 is 11.6 Å². The quantitative estimate of drug-likeness (QED) is 0.757. The molecule has 1 aromatic carbocycles. The average Bonchev–Trinajstić information content (AvgIpc) is 2.88. The minimum Gasteiger partial charge on any atom is -0.493 e. The Hall–Kier alpha value is -2.21. The fourth-order valence-electron chi connectivity index (χ4n) is 2.48. The van der Waals surface area contributed by atoms with E-state index in [2.05, 4.69) is 17.3 Å². The molecule has 0 atom stereocenters. The third kappa shape index (κ3) is 4.45. The SMILES string of the molecule is CCCCn1nc(C)c(C(=O)Nc2ccc(OCC)c(OC)c2)c1Cl. The molecule has 2 aromatic rings. The van der Waals surface area contributed by atoms with Gasteiger partial charge in [-0.1, -0.05) is 24.9 Å². The number of hydrogen-bond acceptors (Lipinski definition) is 4. The number of nitrogens with one attached hydrogen (secondary N) is 1. The number of halogens is 1. The second kappa shape index (κ2) is 8.76. The van der Waals surface area contributed by atoms with Crippen LogP contribution < -0.4 is 14.8 Å². The van der Waals surface area contributed by atoms with E-state index in [1.807, 2.05) is 6.92 Å². The Bertz CT molecular complexity index is 743. The molecule has 0 fully saturated rings. The lowest BCUT2D eigenvalue weighted by molar-refractivity contribution is 0.102. The van der Waals surface area contributed by atoms with E-state index in [0.29, 0.717) is 46.7 Å². The van der Waals surface area contributed by atoms with Gasteiger partial charge in [-0.2, -0.15) is 5.10 Å². The van der Waals surface area contributed by atoms with E-state index in [1.165, 1.54) is 0 Å². The Morgan fingerprint density at radius 2 is 2.08 bits per heavy atom. The number of unbranched alkanes of at least 4 members (excludes halogenated alkanes) is 1. The monoisotopic (exact) mass is 365 g/mol. The van der Waals surface area contributed by atoms with Gasteiger partial charge in [0.05, 0.1) is 25.0 Å². The van der Waals surface area contributed by atoms with Gasteiger partial charge in [0.25, 0.3) is 5.91 Å². The second-order valence-corrected chi connectivity index (χ2v) is 5.94. The molecule has 1 N–H and O–H groups in total. The fraction of sp³-hybridized carbons (Fsp3) is 0.444. The van der Waals surface area contributed by atoms with Crippen molar-refractivity contribution >= 4 is 23.2 Å². The molecule has 0 radical (unpaired) electrons. The predicted octanol–water partition coefficient (Wildman–Crippen LogP) is 4.30. The van der Waals surface area contributed by atoms with Crippen LogP contribution in [0.1, 0.15) is 42.7 Å². The van der Waals surface area contributed by atoms with E-state index in [-0.39, 0.29) is 5.91 Å². The first kappa shape index (κ1) is 19.1. The molecule has 1 aromatic heterocycles. The molecule has 0 spiro atoms. The fourth-order valence-corrected chi connectivity index (χ4v) is 2.83. The van der Waals surface area contributed by atoms with Crippen LogP contribution in [0, 0.1) is 6.92 Å². The van der Waals surface area contributed by atoms with Crippen molar-refractivity contribution in [2.45, 2.75) is 40.2 Å². The number of anilines is 1. The summed E-state index contributed by atoms with van der Waals surface area (Å²) in [4.78, 5) is 12.6. The minimum atomic E-state index is -0.295. The van der Waals surface area contributed by atoms with Gasteiger partial charge >= 0.3 is 0 Å². The van der Waals surface area contributed by atoms with Gasteiger partial charge in [-0.15, -0.1) is 0 Å². The summed E-state index contributed by atoms with van der Waals surface area (Å²) < 4.78 is 12.5. The average molecular weight is 366 g/mol. The predicted molar refractivity (Wildman–Crippen MR) is 99.0 cm³/mol. The van der Waals surface area contributed by atoms with Crippen molar-refractivity contribution in [1.82, 2.24) is 9.78 Å². The van der Waals surface area contributed by atoms with Crippen molar-refractivity contribution in [3.05, 3.63) is 34.6 Å². The summed E-state index contributed by atoms with van der Waals surface area (Å²) in [6.45, 7) is 7.00. The summed E-state index contributed by atoms with van der Waals surface area (Å²) >= 11 is 6.35. The molecule has 1 heterocycles. The standard InChI is InChI=1S/C18H24ClN3O3/c1-5-7-10-22-17(19)16(12(3)21-22)18(23)20-13-8-9-14(25-6-2)15(11-13)24-4/h8-9,11H,5-7,10H2,1-4H3,(H,20,23). The summed E-state index contributed by atoms with van der Waals surface area (Å²) in [6, 6.07) is 5.24. The van der Waals surface area contributed by atoms with Crippen molar-refractivity contribution in [3.63, 3.8) is 0 Å². The summed E-state index contributed by atoms with van der Waals surface area (Å²) in [5, 5.41) is 7.57. The topological polar surface area (TPSA) is 65.4 Å². The molecule has 7 heteroatoms. The molecule has 25 heavy (non-hydrogen) atoms. The largest absolute Gasteiger partial charge is 0.493 e. The normalized spacial score (nSPS) is 10.6. The number of methoxy groups -OCH3 is 1. The van der Waals surface area contributed by atoms with Gasteiger partial charge in [0.1, 0.15) is 5.15 Å². The van der Waals surface area contributed by atoms with Crippen molar-refractivity contribution in [1.29, 1.82) is 0 Å². The first-order chi connectivity index (χ1) is 12.0. The molecular weight excluding hydrogens is 342 g/mol. The van der Waals surface area contributed by atoms with E-state index in [4.69, 9.17) is 21.1 Å². The molecule has 0 saturated carbocycles. The lowest BCUT2D eigenvalue weighted by atomic mass is 10.2. The van der Waals surface area contributed by atoms with Crippen molar-refractivity contribution in [3.8, 4) is 11.5 Å². The lowest BCUT2D eigenvalue weighted by Gasteiger charge is -2.11. The summed E-state index contributed by atoms with van der Waals surface area (Å²) in [7, 11) is 1.56. The van der Waals surface area contributed by atoms with Crippen LogP contribution in [-0.2, 0) is 6.54 Å². The number of nitrogens with zero attached hydrogens (tertiary/aromatic N) is 2. The lowest BCUT2D eigenvalue weighted by Crippen LogP contribution is -2.13. The van der Waals surface area contributed by atoms with E-state index in [0.717, 1.165) is 12.8 Å². The van der Waals surface area contributed by atoms with E-state index < -0.39 is 0 Å². The third-order valence-corrected chi connectivity index (χ3v) is 4.12. The Morgan fingerprint density at radius 1 is 1.32 bits per heavy atom. The molecular formula is C18H24ClN3O3. The molecule has 0 aliphatic heterocycles. The van der Waals surface area contributed by atoms with E-state index in [1.54, 1.807) is 36.9 Å². The third-order valence-electron chi connectivity index (χ3n) is 3.74. The van der Waals surface area contributed by atoms with Crippen molar-refractivity contribution < 1.29 is 14.3 Å². The highest BCUT2D eigenvalue weighted by Gasteiger charge is 2.20. The summed E-state index contributed by atoms with van der Waals surface area (Å²) in [5.41, 5.74) is 1.60. The maximum absolute atomic E-state index is 12.6. The first-order valence-electron chi connectivity index (χ1n) is 8.36. The van der Waals surface area contributed by atoms with Gasteiger partial charge < -0.3 is 14.8 Å². The van der Waals surface area contributed by atoms with E-state index >= 15 is 0 Å². The van der Waals surface area contributed by atoms with Gasteiger partial charge in [0.15, 0.2) is 11.5 Å². The van der Waals surface area contributed by atoms with Crippen LogP contribution in [0.2, 0.25) is 5.15 Å². The molecule has 0 unspecified atom stereocenters. The number of aryl methyl sites for hydroxylation is 2. The maximum atomic E-state index is 12.6. The molecule has 1 amide bonds. The summed E-state index contributed by atoms with van der Waals surface area (Å²) in [5.74, 6) is 0.891. The second-order valence-electron chi connectivity index (χ2n) is 5.58. The molecule has 0 bridgehead atoms. The van der Waals surface area contributed by atoms with Crippen LogP contribution in [-0.4, -0.2) is 29.4 Å². The van der Waals surface area contributed by atoms with Gasteiger partial charge in [-0.05, 0) is 32.4 Å². The number of carbonyl (C=O) groups excluding carboxylic acids is 1. The highest BCUT2D eigenvalue weighted by atomic mass is 35.5. The minimum absolute atomic E-state index is 0.295. The van der Waals surface area contributed by atoms with Crippen molar-refractivity contribution in [2.75, 3.05) is 19.0 Å². The van der Waals surface area contributed by atoms with Gasteiger partial charge in [0.2, 0.25) is 0 Å². The number of ether oxygens (including phenoxy) is 2. The number of carbonyl (C=O) groups is 1. The van der Waals surface area contributed by atoms with Gasteiger partial charge in [-0.25, -0.2) is 0 Å². The van der Waals surface area contributed by atoms with Crippen molar-refractivity contribution in [2.24, 2.45) is 0 Å². The number of rotatable bonds is 8. The number of amides is 1. The van der Waals surface area contributed by atoms with Crippen LogP contribution in [0.25, 0.3) is 0 Å². The van der Waals surface area contributed by atoms with Crippen LogP contribution in [0.4, 0.5) is 5.69 Å². The zero-order valence-corrected chi connectivity index (χ0v) is 15.8. The van der Waals surface area contributed by atoms with Crippen LogP contribution in [0.3, 0.4) is 0 Å². The number of hydrogen-bond donors (Lipinski definition) is 1. The smallest absolute Gasteiger partial charge is 0.260 e. The zero-order chi connectivity index (χ0) is 18.4. The molecule has 2 rings (SSSR count). The number of aromatic nitrogens is 2. The highest BCUT2D eigenvalue weighted by molar-refractivity contribution is 6.33. The Labute approximate surface area is 153 Å². The van der Waals surface area contributed by atoms with Gasteiger partial charge in [0, 0.05) is 18.3 Å². The Kier molecular flexibility index (Phi) is 6.70. The molecule has 136 valence electrons. The molecule has 6 nitrogen and oxygen atoms in total. The number of benzene rings is 1. The molecule has 0 aliphatic rings. The highest BCUT2D eigenvalue weighted by Crippen LogP contribution is 2.31. The first-order valence-corrected chi connectivity index (χ1v) is 8.74. The Morgan fingerprint density at radius 3 is 2.72 bits per heavy atom. The van der Waals surface area contributed by atoms with E-state index in [9.17, 15) is 4.79 Å². The molecule has 0 aliphatic carbocycles. The molecule has 0 saturated heterocycles.